The van der Waals surface area contributed by atoms with E-state index >= 15 is 0 Å². The van der Waals surface area contributed by atoms with Crippen molar-refractivity contribution in [3.05, 3.63) is 23.3 Å². The number of aromatic hydroxyl groups is 2. The summed E-state index contributed by atoms with van der Waals surface area (Å²) in [6.07, 6.45) is -1.40. The van der Waals surface area contributed by atoms with E-state index in [0.717, 1.165) is 12.1 Å². The number of carbonyl (C=O) groups is 8. The number of aliphatic imine (C=N–C) groups is 2. The molecular weight excluding hydrogens is 822 g/mol. The first-order valence-electron chi connectivity index (χ1n) is 19.1. The van der Waals surface area contributed by atoms with Crippen molar-refractivity contribution in [1.82, 2.24) is 26.6 Å². The number of hydrogen-bond donors (Lipinski definition) is 16. The monoisotopic (exact) mass is 881 g/mol. The summed E-state index contributed by atoms with van der Waals surface area (Å²) in [6, 6.07) is -7.99. The molecule has 0 fully saturated rings. The van der Waals surface area contributed by atoms with Gasteiger partial charge >= 0.3 is 11.9 Å². The van der Waals surface area contributed by atoms with Crippen LogP contribution < -0.4 is 61.0 Å². The van der Waals surface area contributed by atoms with Gasteiger partial charge in [0.2, 0.25) is 35.4 Å². The van der Waals surface area contributed by atoms with Crippen LogP contribution in [0.1, 0.15) is 82.9 Å². The maximum absolute atomic E-state index is 14.0. The van der Waals surface area contributed by atoms with Gasteiger partial charge in [-0.3, -0.25) is 38.6 Å². The summed E-state index contributed by atoms with van der Waals surface area (Å²) in [5.74, 6) is -11.7. The summed E-state index contributed by atoms with van der Waals surface area (Å²) in [4.78, 5) is 111. The molecule has 1 aromatic rings. The number of carbonyl (C=O) groups excluding carboxylic acids is 6. The van der Waals surface area contributed by atoms with Crippen molar-refractivity contribution in [2.24, 2.45) is 49.8 Å². The summed E-state index contributed by atoms with van der Waals surface area (Å²) < 4.78 is 0. The van der Waals surface area contributed by atoms with Gasteiger partial charge in [-0.05, 0) is 61.8 Å². The molecular formula is C36H59N13O13. The first kappa shape index (κ1) is 53.1. The number of carboxylic acid groups (broad SMARTS) is 2. The van der Waals surface area contributed by atoms with Crippen LogP contribution in [0.2, 0.25) is 0 Å². The van der Waals surface area contributed by atoms with Crippen LogP contribution in [0.3, 0.4) is 0 Å². The normalized spacial score (nSPS) is 14.0. The summed E-state index contributed by atoms with van der Waals surface area (Å²) >= 11 is 0. The van der Waals surface area contributed by atoms with E-state index in [1.807, 2.05) is 0 Å². The highest BCUT2D eigenvalue weighted by Gasteiger charge is 2.38. The van der Waals surface area contributed by atoms with Crippen LogP contribution >= 0.6 is 0 Å². The largest absolute Gasteiger partial charge is 0.507 e. The molecule has 0 heterocycles. The number of unbranched alkanes of at least 4 members (excludes halogenated alkanes) is 1. The van der Waals surface area contributed by atoms with Gasteiger partial charge in [0, 0.05) is 6.54 Å². The van der Waals surface area contributed by atoms with E-state index in [9.17, 15) is 63.9 Å². The molecule has 1 aromatic carbocycles. The summed E-state index contributed by atoms with van der Waals surface area (Å²) in [6.45, 7) is 4.00. The quantitative estimate of drug-likeness (QED) is 0.0235. The Morgan fingerprint density at radius 2 is 1.16 bits per heavy atom. The van der Waals surface area contributed by atoms with Gasteiger partial charge in [0.25, 0.3) is 0 Å². The second kappa shape index (κ2) is 25.0. The van der Waals surface area contributed by atoms with Gasteiger partial charge in [-0.1, -0.05) is 20.8 Å². The minimum Gasteiger partial charge on any atom is -0.507 e. The SMILES string of the molecule is CC(C)(C)C(NC(=O)C(CC(N)=O)NC(=O)C(N=C(N)N)c1cc(O)c(CO)c(O)c1)C(=O)NC(CCCCN)C(=O)NC(CC(=O)O)C(=O)NC(CCCN=C(N)N)C(=O)O. The minimum atomic E-state index is -1.83. The topological polar surface area (TPSA) is 479 Å². The van der Waals surface area contributed by atoms with Gasteiger partial charge in [0.1, 0.15) is 41.7 Å². The first-order valence-corrected chi connectivity index (χ1v) is 19.1. The van der Waals surface area contributed by atoms with Crippen LogP contribution in [0.15, 0.2) is 22.1 Å². The highest BCUT2D eigenvalue weighted by Crippen LogP contribution is 2.33. The van der Waals surface area contributed by atoms with E-state index in [2.05, 4.69) is 36.6 Å². The number of aliphatic hydroxyl groups is 1. The Balaban J connectivity index is 3.46. The number of phenols is 2. The van der Waals surface area contributed by atoms with Crippen molar-refractivity contribution in [1.29, 1.82) is 0 Å². The van der Waals surface area contributed by atoms with Crippen LogP contribution in [0.5, 0.6) is 11.5 Å². The average molecular weight is 882 g/mol. The van der Waals surface area contributed by atoms with Gasteiger partial charge < -0.3 is 86.5 Å². The summed E-state index contributed by atoms with van der Waals surface area (Å²) in [7, 11) is 0. The van der Waals surface area contributed by atoms with E-state index in [1.54, 1.807) is 0 Å². The third-order valence-electron chi connectivity index (χ3n) is 8.83. The molecule has 6 unspecified atom stereocenters. The lowest BCUT2D eigenvalue weighted by atomic mass is 9.85. The lowest BCUT2D eigenvalue weighted by molar-refractivity contribution is -0.144. The number of guanidine groups is 2. The highest BCUT2D eigenvalue weighted by molar-refractivity contribution is 5.98. The zero-order valence-electron chi connectivity index (χ0n) is 34.6. The molecule has 0 aliphatic heterocycles. The van der Waals surface area contributed by atoms with Crippen LogP contribution in [0, 0.1) is 5.41 Å². The number of nitrogens with two attached hydrogens (primary N) is 6. The number of hydrogen-bond acceptors (Lipinski definition) is 14. The van der Waals surface area contributed by atoms with Crippen LogP contribution in [-0.2, 0) is 45.0 Å². The first-order chi connectivity index (χ1) is 28.8. The number of aliphatic hydroxyl groups excluding tert-OH is 1. The molecule has 346 valence electrons. The molecule has 6 amide bonds. The fraction of sp³-hybridized carbons (Fsp3) is 0.556. The molecule has 26 heteroatoms. The number of carboxylic acids is 2. The second-order valence-corrected chi connectivity index (χ2v) is 15.0. The van der Waals surface area contributed by atoms with Gasteiger partial charge in [-0.25, -0.2) is 9.79 Å². The van der Waals surface area contributed by atoms with Gasteiger partial charge in [0.05, 0.1) is 25.0 Å². The Kier molecular flexibility index (Phi) is 21.4. The number of nitrogens with zero attached hydrogens (tertiary/aromatic N) is 2. The molecule has 0 saturated carbocycles. The van der Waals surface area contributed by atoms with Crippen LogP contribution in [-0.4, -0.2) is 128 Å². The van der Waals surface area contributed by atoms with Crippen molar-refractivity contribution in [2.45, 2.75) is 109 Å². The predicted octanol–water partition coefficient (Wildman–Crippen LogP) is -5.01. The Labute approximate surface area is 355 Å². The smallest absolute Gasteiger partial charge is 0.326 e. The molecule has 0 aliphatic carbocycles. The molecule has 6 atom stereocenters. The zero-order valence-corrected chi connectivity index (χ0v) is 34.6. The van der Waals surface area contributed by atoms with E-state index < -0.39 is 126 Å². The Hall–Kier alpha value is -6.96. The number of primary amides is 1. The minimum absolute atomic E-state index is 0.0255. The lowest BCUT2D eigenvalue weighted by Gasteiger charge is -2.33. The zero-order chi connectivity index (χ0) is 47.5. The number of rotatable bonds is 26. The molecule has 0 bridgehead atoms. The fourth-order valence-corrected chi connectivity index (χ4v) is 5.70. The molecule has 0 saturated heterocycles. The third-order valence-corrected chi connectivity index (χ3v) is 8.83. The van der Waals surface area contributed by atoms with Crippen molar-refractivity contribution in [2.75, 3.05) is 13.1 Å². The third kappa shape index (κ3) is 18.1. The van der Waals surface area contributed by atoms with Crippen molar-refractivity contribution in [3.63, 3.8) is 0 Å². The van der Waals surface area contributed by atoms with Gasteiger partial charge in [-0.15, -0.1) is 0 Å². The molecule has 0 aliphatic rings. The van der Waals surface area contributed by atoms with E-state index in [-0.39, 0.29) is 55.9 Å². The number of amides is 6. The fourth-order valence-electron chi connectivity index (χ4n) is 5.70. The number of aliphatic carboxylic acids is 2. The Bertz CT molecular complexity index is 1820. The maximum Gasteiger partial charge on any atom is 0.326 e. The van der Waals surface area contributed by atoms with E-state index in [0.29, 0.717) is 6.42 Å². The molecule has 1 rings (SSSR count). The summed E-state index contributed by atoms with van der Waals surface area (Å²) in [5.41, 5.74) is 30.9. The van der Waals surface area contributed by atoms with E-state index in [4.69, 9.17) is 34.4 Å². The van der Waals surface area contributed by atoms with Gasteiger partial charge in [-0.2, -0.15) is 0 Å². The molecule has 0 aromatic heterocycles. The van der Waals surface area contributed by atoms with Crippen molar-refractivity contribution in [3.8, 4) is 11.5 Å². The molecule has 62 heavy (non-hydrogen) atoms. The van der Waals surface area contributed by atoms with Crippen LogP contribution in [0.4, 0.5) is 0 Å². The second-order valence-electron chi connectivity index (χ2n) is 15.0. The average Bonchev–Trinajstić information content (AvgIpc) is 3.14. The summed E-state index contributed by atoms with van der Waals surface area (Å²) in [5, 5.41) is 60.8. The molecule has 22 N–H and O–H groups in total. The Morgan fingerprint density at radius 3 is 1.65 bits per heavy atom. The Morgan fingerprint density at radius 1 is 0.661 bits per heavy atom. The lowest BCUT2D eigenvalue weighted by Crippen LogP contribution is -2.61. The highest BCUT2D eigenvalue weighted by atomic mass is 16.4. The molecule has 0 spiro atoms. The van der Waals surface area contributed by atoms with Gasteiger partial charge in [0.15, 0.2) is 18.0 Å². The maximum atomic E-state index is 14.0. The molecule has 26 nitrogen and oxygen atoms in total. The molecule has 0 radical (unpaired) electrons. The standard InChI is InChI=1S/C36H59N13O13/c1-36(2,3)27(49-30(58)20(13-24(38)53)47-31(59)26(48-35(41)42)16-11-22(51)17(15-50)23(52)12-16)32(60)44-18(7-4-5-9-37)28(56)46-21(14-25(54)55)29(57)45-19(33(61)62)8-6-10-43-34(39)40/h11-12,18-21,26-27,50-52H,4-10,13-15,37H2,1-3H3,(H2,38,53)(H,44,60)(H,45,57)(H,46,56)(H,47,59)(H,49,58)(H,54,55)(H,61,62)(H4,39,40,43)(H4,41,42,48). The van der Waals surface area contributed by atoms with Crippen LogP contribution in [0.25, 0.3) is 0 Å². The van der Waals surface area contributed by atoms with Crippen molar-refractivity contribution >= 4 is 59.3 Å². The number of benzene rings is 1. The van der Waals surface area contributed by atoms with E-state index in [1.165, 1.54) is 20.8 Å². The van der Waals surface area contributed by atoms with Crippen molar-refractivity contribution < 1.29 is 63.9 Å². The number of nitrogens with one attached hydrogen (secondary N) is 5. The predicted molar refractivity (Wildman–Crippen MR) is 220 cm³/mol.